The molecule has 1 atom stereocenters. The Balaban J connectivity index is 1.57. The number of β-amino-alcohol motifs (C(OH)–C–C–N with tert-alkyl or cyclic N) is 1. The maximum Gasteiger partial charge on any atom is 0.234 e. The van der Waals surface area contributed by atoms with E-state index in [9.17, 15) is 14.3 Å². The Morgan fingerprint density at radius 3 is 2.75 bits per heavy atom. The van der Waals surface area contributed by atoms with E-state index in [1.165, 1.54) is 6.07 Å². The molecule has 6 heteroatoms. The number of benzene rings is 1. The molecule has 1 aliphatic rings. The number of likely N-dealkylation sites (tertiary alicyclic amines) is 1. The van der Waals surface area contributed by atoms with Gasteiger partial charge < -0.3 is 20.6 Å². The molecule has 5 nitrogen and oxygen atoms in total. The lowest BCUT2D eigenvalue weighted by atomic mass is 9.96. The molecule has 0 saturated carbocycles. The van der Waals surface area contributed by atoms with Gasteiger partial charge in [-0.05, 0) is 51.4 Å². The molecule has 0 unspecified atom stereocenters. The average molecular weight is 337 g/mol. The van der Waals surface area contributed by atoms with E-state index < -0.39 is 0 Å². The number of hydrogen-bond acceptors (Lipinski definition) is 4. The fourth-order valence-corrected chi connectivity index (χ4v) is 3.03. The second-order valence-electron chi connectivity index (χ2n) is 6.59. The van der Waals surface area contributed by atoms with Crippen LogP contribution in [-0.2, 0) is 11.3 Å². The van der Waals surface area contributed by atoms with Crippen LogP contribution in [0.4, 0.5) is 4.39 Å². The molecular formula is C18H28FN3O2. The van der Waals surface area contributed by atoms with Crippen LogP contribution in [0.2, 0.25) is 0 Å². The fraction of sp³-hybridized carbons (Fsp3) is 0.611. The Kier molecular flexibility index (Phi) is 7.62. The van der Waals surface area contributed by atoms with Gasteiger partial charge in [-0.15, -0.1) is 0 Å². The van der Waals surface area contributed by atoms with Crippen LogP contribution in [0.3, 0.4) is 0 Å². The normalized spacial score (nSPS) is 17.6. The average Bonchev–Trinajstić information content (AvgIpc) is 2.55. The van der Waals surface area contributed by atoms with Gasteiger partial charge in [-0.2, -0.15) is 0 Å². The van der Waals surface area contributed by atoms with Gasteiger partial charge in [0, 0.05) is 18.7 Å². The van der Waals surface area contributed by atoms with Crippen molar-refractivity contribution in [1.29, 1.82) is 0 Å². The Bertz CT molecular complexity index is 517. The molecule has 2 rings (SSSR count). The molecule has 0 spiro atoms. The van der Waals surface area contributed by atoms with Gasteiger partial charge in [0.1, 0.15) is 5.82 Å². The number of rotatable bonds is 8. The maximum atomic E-state index is 13.5. The smallest absolute Gasteiger partial charge is 0.234 e. The van der Waals surface area contributed by atoms with Crippen molar-refractivity contribution in [3.8, 4) is 0 Å². The third kappa shape index (κ3) is 6.55. The van der Waals surface area contributed by atoms with E-state index in [1.807, 2.05) is 6.92 Å². The SMILES string of the molecule is C[C@H](O)CN1CCC(CNCC(=O)NCc2ccccc2F)CC1. The molecule has 1 aromatic carbocycles. The van der Waals surface area contributed by atoms with Gasteiger partial charge in [0.15, 0.2) is 0 Å². The lowest BCUT2D eigenvalue weighted by Crippen LogP contribution is -2.41. The highest BCUT2D eigenvalue weighted by molar-refractivity contribution is 5.77. The summed E-state index contributed by atoms with van der Waals surface area (Å²) in [5, 5.41) is 15.3. The monoisotopic (exact) mass is 337 g/mol. The molecule has 1 heterocycles. The largest absolute Gasteiger partial charge is 0.392 e. The highest BCUT2D eigenvalue weighted by atomic mass is 19.1. The van der Waals surface area contributed by atoms with Crippen LogP contribution in [0, 0.1) is 11.7 Å². The highest BCUT2D eigenvalue weighted by Gasteiger charge is 2.19. The third-order valence-electron chi connectivity index (χ3n) is 4.38. The number of nitrogens with one attached hydrogen (secondary N) is 2. The maximum absolute atomic E-state index is 13.5. The van der Waals surface area contributed by atoms with Crippen LogP contribution < -0.4 is 10.6 Å². The van der Waals surface area contributed by atoms with E-state index in [-0.39, 0.29) is 30.9 Å². The van der Waals surface area contributed by atoms with Crippen LogP contribution in [0.5, 0.6) is 0 Å². The minimum absolute atomic E-state index is 0.121. The summed E-state index contributed by atoms with van der Waals surface area (Å²) in [6.07, 6.45) is 1.88. The number of hydrogen-bond donors (Lipinski definition) is 3. The van der Waals surface area contributed by atoms with E-state index in [4.69, 9.17) is 0 Å². The van der Waals surface area contributed by atoms with Gasteiger partial charge in [-0.25, -0.2) is 4.39 Å². The van der Waals surface area contributed by atoms with Crippen molar-refractivity contribution < 1.29 is 14.3 Å². The molecule has 0 radical (unpaired) electrons. The predicted molar refractivity (Wildman–Crippen MR) is 92.0 cm³/mol. The number of aliphatic hydroxyl groups excluding tert-OH is 1. The summed E-state index contributed by atoms with van der Waals surface area (Å²) in [5.41, 5.74) is 0.497. The summed E-state index contributed by atoms with van der Waals surface area (Å²) in [5.74, 6) is 0.147. The van der Waals surface area contributed by atoms with Crippen LogP contribution in [0.15, 0.2) is 24.3 Å². The number of aliphatic hydroxyl groups is 1. The molecule has 3 N–H and O–H groups in total. The van der Waals surface area contributed by atoms with Crippen LogP contribution in [0.25, 0.3) is 0 Å². The van der Waals surface area contributed by atoms with E-state index in [0.29, 0.717) is 11.5 Å². The van der Waals surface area contributed by atoms with Crippen LogP contribution in [-0.4, -0.2) is 54.7 Å². The quantitative estimate of drug-likeness (QED) is 0.665. The van der Waals surface area contributed by atoms with Crippen LogP contribution >= 0.6 is 0 Å². The first-order valence-electron chi connectivity index (χ1n) is 8.66. The van der Waals surface area contributed by atoms with Gasteiger partial charge in [0.05, 0.1) is 12.6 Å². The minimum Gasteiger partial charge on any atom is -0.392 e. The standard InChI is InChI=1S/C18H28FN3O2/c1-14(23)13-22-8-6-15(7-9-22)10-20-12-18(24)21-11-16-4-2-3-5-17(16)19/h2-5,14-15,20,23H,6-13H2,1H3,(H,21,24)/t14-/m0/s1. The summed E-state index contributed by atoms with van der Waals surface area (Å²) < 4.78 is 13.5. The first-order valence-corrected chi connectivity index (χ1v) is 8.66. The number of amides is 1. The molecule has 1 aliphatic heterocycles. The fourth-order valence-electron chi connectivity index (χ4n) is 3.03. The van der Waals surface area contributed by atoms with Gasteiger partial charge in [0.25, 0.3) is 0 Å². The Hall–Kier alpha value is -1.50. The molecule has 134 valence electrons. The van der Waals surface area contributed by atoms with Crippen molar-refractivity contribution in [2.24, 2.45) is 5.92 Å². The summed E-state index contributed by atoms with van der Waals surface area (Å²) in [6, 6.07) is 6.45. The molecule has 0 bridgehead atoms. The molecular weight excluding hydrogens is 309 g/mol. The molecule has 1 amide bonds. The zero-order valence-electron chi connectivity index (χ0n) is 14.3. The van der Waals surface area contributed by atoms with Crippen molar-refractivity contribution in [1.82, 2.24) is 15.5 Å². The minimum atomic E-state index is -0.297. The van der Waals surface area contributed by atoms with Crippen molar-refractivity contribution in [2.45, 2.75) is 32.4 Å². The van der Waals surface area contributed by atoms with E-state index in [1.54, 1.807) is 18.2 Å². The van der Waals surface area contributed by atoms with Crippen molar-refractivity contribution in [2.75, 3.05) is 32.7 Å². The van der Waals surface area contributed by atoms with Crippen molar-refractivity contribution in [3.63, 3.8) is 0 Å². The summed E-state index contributed by atoms with van der Waals surface area (Å²) in [4.78, 5) is 14.1. The second-order valence-corrected chi connectivity index (χ2v) is 6.59. The summed E-state index contributed by atoms with van der Waals surface area (Å²) in [7, 11) is 0. The molecule has 1 fully saturated rings. The van der Waals surface area contributed by atoms with Crippen molar-refractivity contribution >= 4 is 5.91 Å². The van der Waals surface area contributed by atoms with Crippen molar-refractivity contribution in [3.05, 3.63) is 35.6 Å². The first-order chi connectivity index (χ1) is 11.5. The lowest BCUT2D eigenvalue weighted by molar-refractivity contribution is -0.120. The zero-order valence-corrected chi connectivity index (χ0v) is 14.3. The number of halogens is 1. The second kappa shape index (κ2) is 9.71. The van der Waals surface area contributed by atoms with Crippen LogP contribution in [0.1, 0.15) is 25.3 Å². The zero-order chi connectivity index (χ0) is 17.4. The molecule has 0 aromatic heterocycles. The number of nitrogens with zero attached hydrogens (tertiary/aromatic N) is 1. The van der Waals surface area contributed by atoms with Gasteiger partial charge in [-0.1, -0.05) is 18.2 Å². The number of carbonyl (C=O) groups is 1. The summed E-state index contributed by atoms with van der Waals surface area (Å²) >= 11 is 0. The molecule has 0 aliphatic carbocycles. The van der Waals surface area contributed by atoms with E-state index in [0.717, 1.165) is 39.0 Å². The van der Waals surface area contributed by atoms with E-state index in [2.05, 4.69) is 15.5 Å². The predicted octanol–water partition coefficient (Wildman–Crippen LogP) is 1.12. The number of carbonyl (C=O) groups excluding carboxylic acids is 1. The molecule has 1 saturated heterocycles. The Morgan fingerprint density at radius 1 is 1.38 bits per heavy atom. The Morgan fingerprint density at radius 2 is 2.08 bits per heavy atom. The first kappa shape index (κ1) is 18.8. The van der Waals surface area contributed by atoms with Gasteiger partial charge >= 0.3 is 0 Å². The molecule has 1 aromatic rings. The molecule has 24 heavy (non-hydrogen) atoms. The topological polar surface area (TPSA) is 64.6 Å². The summed E-state index contributed by atoms with van der Waals surface area (Å²) in [6.45, 7) is 5.82. The van der Waals surface area contributed by atoms with Gasteiger partial charge in [0.2, 0.25) is 5.91 Å². The number of piperidine rings is 1. The van der Waals surface area contributed by atoms with Gasteiger partial charge in [-0.3, -0.25) is 4.79 Å². The van der Waals surface area contributed by atoms with E-state index >= 15 is 0 Å². The Labute approximate surface area is 143 Å². The lowest BCUT2D eigenvalue weighted by Gasteiger charge is -2.32. The third-order valence-corrected chi connectivity index (χ3v) is 4.38. The highest BCUT2D eigenvalue weighted by Crippen LogP contribution is 2.16.